The van der Waals surface area contributed by atoms with Crippen LogP contribution in [0.5, 0.6) is 0 Å². The van der Waals surface area contributed by atoms with Gasteiger partial charge in [0.05, 0.1) is 15.5 Å². The number of carbonyl (C=O) groups is 2. The lowest BCUT2D eigenvalue weighted by Crippen LogP contribution is -2.56. The number of sulfonamides is 1. The molecule has 12 heteroatoms. The molecule has 46 heavy (non-hydrogen) atoms. The molecule has 0 aliphatic carbocycles. The first-order valence-electron chi connectivity index (χ1n) is 14.5. The van der Waals surface area contributed by atoms with E-state index in [0.29, 0.717) is 5.56 Å². The summed E-state index contributed by atoms with van der Waals surface area (Å²) in [5.74, 6) is -1.08. The Bertz CT molecular complexity index is 1800. The van der Waals surface area contributed by atoms with Crippen molar-refractivity contribution in [3.8, 4) is 0 Å². The minimum atomic E-state index is -4.38. The van der Waals surface area contributed by atoms with Crippen LogP contribution < -0.4 is 9.62 Å². The van der Waals surface area contributed by atoms with Crippen LogP contribution in [0.3, 0.4) is 0 Å². The Morgan fingerprint density at radius 1 is 0.870 bits per heavy atom. The largest absolute Gasteiger partial charge is 0.350 e. The van der Waals surface area contributed by atoms with Crippen molar-refractivity contribution in [2.75, 3.05) is 10.8 Å². The number of non-ortho nitro benzene ring substituents is 1. The summed E-state index contributed by atoms with van der Waals surface area (Å²) in [7, 11) is -4.38. The zero-order valence-electron chi connectivity index (χ0n) is 25.7. The van der Waals surface area contributed by atoms with E-state index in [-0.39, 0.29) is 29.2 Å². The molecule has 4 rings (SSSR count). The van der Waals surface area contributed by atoms with E-state index < -0.39 is 44.9 Å². The van der Waals surface area contributed by atoms with Gasteiger partial charge in [-0.3, -0.25) is 24.0 Å². The fourth-order valence-electron chi connectivity index (χ4n) is 4.85. The van der Waals surface area contributed by atoms with Crippen LogP contribution in [0, 0.1) is 10.1 Å². The molecule has 4 aromatic carbocycles. The zero-order valence-corrected chi connectivity index (χ0v) is 28.1. The van der Waals surface area contributed by atoms with Gasteiger partial charge in [-0.05, 0) is 62.2 Å². The number of hydrogen-bond acceptors (Lipinski definition) is 6. The third-order valence-corrected chi connectivity index (χ3v) is 9.23. The Morgan fingerprint density at radius 2 is 1.48 bits per heavy atom. The first-order chi connectivity index (χ1) is 21.7. The number of hydrogen-bond donors (Lipinski definition) is 1. The van der Waals surface area contributed by atoms with Crippen molar-refractivity contribution in [3.63, 3.8) is 0 Å². The minimum Gasteiger partial charge on any atom is -0.350 e. The quantitative estimate of drug-likeness (QED) is 0.140. The van der Waals surface area contributed by atoms with Gasteiger partial charge >= 0.3 is 0 Å². The molecule has 2 amide bonds. The standard InChI is InChI=1S/C34H35BrN4O6S/c1-34(2,3)36-33(41)31(21-25-12-6-4-7-13-25)37(23-26-14-10-15-27(35)20-26)32(40)24-38(28-16-11-17-29(22-28)39(42)43)46(44,45)30-18-8-5-9-19-30/h4-20,22,31H,21,23-24H2,1-3H3,(H,36,41)/t31-/m1/s1. The Hall–Kier alpha value is -4.55. The lowest BCUT2D eigenvalue weighted by Gasteiger charge is -2.35. The van der Waals surface area contributed by atoms with E-state index in [1.165, 1.54) is 35.2 Å². The lowest BCUT2D eigenvalue weighted by atomic mass is 10.0. The van der Waals surface area contributed by atoms with Gasteiger partial charge in [0.1, 0.15) is 12.6 Å². The average Bonchev–Trinajstić information content (AvgIpc) is 3.01. The topological polar surface area (TPSA) is 130 Å². The van der Waals surface area contributed by atoms with Crippen LogP contribution in [0.25, 0.3) is 0 Å². The zero-order chi connectivity index (χ0) is 33.5. The first kappa shape index (κ1) is 34.3. The SMILES string of the molecule is CC(C)(C)NC(=O)[C@@H](Cc1ccccc1)N(Cc1cccc(Br)c1)C(=O)CN(c1cccc([N+](=O)[O-])c1)S(=O)(=O)c1ccccc1. The summed E-state index contributed by atoms with van der Waals surface area (Å²) in [4.78, 5) is 40.7. The van der Waals surface area contributed by atoms with E-state index in [4.69, 9.17) is 0 Å². The number of nitro benzene ring substituents is 1. The predicted octanol–water partition coefficient (Wildman–Crippen LogP) is 6.11. The first-order valence-corrected chi connectivity index (χ1v) is 16.7. The summed E-state index contributed by atoms with van der Waals surface area (Å²) in [6, 6.07) is 28.1. The number of amides is 2. The smallest absolute Gasteiger partial charge is 0.271 e. The minimum absolute atomic E-state index is 0.0124. The summed E-state index contributed by atoms with van der Waals surface area (Å²) in [6.45, 7) is 4.77. The number of nitrogens with zero attached hydrogens (tertiary/aromatic N) is 3. The van der Waals surface area contributed by atoms with E-state index in [9.17, 15) is 28.1 Å². The molecule has 0 heterocycles. The van der Waals surface area contributed by atoms with Gasteiger partial charge in [0.15, 0.2) is 0 Å². The number of carbonyl (C=O) groups excluding carboxylic acids is 2. The average molecular weight is 708 g/mol. The maximum Gasteiger partial charge on any atom is 0.271 e. The van der Waals surface area contributed by atoms with E-state index in [1.54, 1.807) is 24.3 Å². The van der Waals surface area contributed by atoms with Crippen LogP contribution in [0.4, 0.5) is 11.4 Å². The monoisotopic (exact) mass is 706 g/mol. The van der Waals surface area contributed by atoms with Crippen molar-refractivity contribution >= 4 is 49.1 Å². The molecule has 0 aliphatic heterocycles. The normalized spacial score (nSPS) is 12.2. The Morgan fingerprint density at radius 3 is 2.09 bits per heavy atom. The third kappa shape index (κ3) is 9.01. The van der Waals surface area contributed by atoms with Gasteiger partial charge in [-0.15, -0.1) is 0 Å². The van der Waals surface area contributed by atoms with Crippen molar-refractivity contribution in [2.24, 2.45) is 0 Å². The van der Waals surface area contributed by atoms with E-state index >= 15 is 0 Å². The van der Waals surface area contributed by atoms with E-state index in [2.05, 4.69) is 21.2 Å². The van der Waals surface area contributed by atoms with Gasteiger partial charge in [-0.2, -0.15) is 0 Å². The molecule has 240 valence electrons. The molecule has 1 N–H and O–H groups in total. The predicted molar refractivity (Wildman–Crippen MR) is 181 cm³/mol. The van der Waals surface area contributed by atoms with Crippen LogP contribution >= 0.6 is 15.9 Å². The summed E-state index contributed by atoms with van der Waals surface area (Å²) in [6.07, 6.45) is 0.157. The molecule has 0 fully saturated rings. The lowest BCUT2D eigenvalue weighted by molar-refractivity contribution is -0.384. The third-order valence-electron chi connectivity index (χ3n) is 6.95. The molecule has 0 radical (unpaired) electrons. The van der Waals surface area contributed by atoms with Gasteiger partial charge in [0.2, 0.25) is 11.8 Å². The molecule has 0 aromatic heterocycles. The molecule has 0 saturated carbocycles. The molecule has 0 spiro atoms. The number of benzene rings is 4. The Labute approximate surface area is 277 Å². The van der Waals surface area contributed by atoms with Crippen molar-refractivity contribution in [1.29, 1.82) is 0 Å². The second-order valence-corrected chi connectivity index (χ2v) is 14.5. The number of nitro groups is 1. The highest BCUT2D eigenvalue weighted by atomic mass is 79.9. The van der Waals surface area contributed by atoms with Crippen molar-refractivity contribution in [1.82, 2.24) is 10.2 Å². The molecular formula is C34H35BrN4O6S. The highest BCUT2D eigenvalue weighted by Crippen LogP contribution is 2.28. The number of halogens is 1. The maximum atomic E-state index is 14.5. The van der Waals surface area contributed by atoms with Crippen LogP contribution in [0.1, 0.15) is 31.9 Å². The van der Waals surface area contributed by atoms with E-state index in [1.807, 2.05) is 69.3 Å². The van der Waals surface area contributed by atoms with Crippen LogP contribution in [-0.2, 0) is 32.6 Å². The van der Waals surface area contributed by atoms with Crippen molar-refractivity contribution in [2.45, 2.75) is 50.2 Å². The van der Waals surface area contributed by atoms with Gasteiger partial charge in [0.25, 0.3) is 15.7 Å². The molecule has 1 atom stereocenters. The van der Waals surface area contributed by atoms with Gasteiger partial charge in [-0.1, -0.05) is 82.7 Å². The second-order valence-electron chi connectivity index (χ2n) is 11.7. The highest BCUT2D eigenvalue weighted by Gasteiger charge is 2.36. The summed E-state index contributed by atoms with van der Waals surface area (Å²) < 4.78 is 29.7. The second kappa shape index (κ2) is 14.7. The maximum absolute atomic E-state index is 14.5. The van der Waals surface area contributed by atoms with Crippen molar-refractivity contribution in [3.05, 3.63) is 135 Å². The fraction of sp³-hybridized carbons (Fsp3) is 0.235. The molecule has 0 unspecified atom stereocenters. The Balaban J connectivity index is 1.84. The molecule has 10 nitrogen and oxygen atoms in total. The van der Waals surface area contributed by atoms with Crippen LogP contribution in [-0.4, -0.2) is 48.2 Å². The summed E-state index contributed by atoms with van der Waals surface area (Å²) in [5, 5.41) is 14.6. The molecule has 0 bridgehead atoms. The Kier molecular flexibility index (Phi) is 11.0. The van der Waals surface area contributed by atoms with Gasteiger partial charge in [-0.25, -0.2) is 8.42 Å². The number of nitrogens with one attached hydrogen (secondary N) is 1. The summed E-state index contributed by atoms with van der Waals surface area (Å²) >= 11 is 3.46. The molecular weight excluding hydrogens is 672 g/mol. The van der Waals surface area contributed by atoms with Crippen LogP contribution in [0.2, 0.25) is 0 Å². The summed E-state index contributed by atoms with van der Waals surface area (Å²) in [5.41, 5.74) is 0.485. The molecule has 4 aromatic rings. The molecule has 0 aliphatic rings. The number of anilines is 1. The highest BCUT2D eigenvalue weighted by molar-refractivity contribution is 9.10. The number of rotatable bonds is 12. The van der Waals surface area contributed by atoms with Gasteiger partial charge < -0.3 is 10.2 Å². The van der Waals surface area contributed by atoms with Crippen LogP contribution in [0.15, 0.2) is 119 Å². The van der Waals surface area contributed by atoms with Gasteiger partial charge in [0, 0.05) is 35.1 Å². The molecule has 0 saturated heterocycles. The fourth-order valence-corrected chi connectivity index (χ4v) is 6.72. The van der Waals surface area contributed by atoms with Crippen molar-refractivity contribution < 1.29 is 22.9 Å². The van der Waals surface area contributed by atoms with E-state index in [0.717, 1.165) is 20.4 Å².